The molecule has 0 N–H and O–H groups in total. The quantitative estimate of drug-likeness (QED) is 0.541. The first-order valence-corrected chi connectivity index (χ1v) is 5.37. The molecule has 0 heterocycles. The van der Waals surface area contributed by atoms with Crippen molar-refractivity contribution in [3.63, 3.8) is 0 Å². The van der Waals surface area contributed by atoms with E-state index in [1.165, 1.54) is 0 Å². The Morgan fingerprint density at radius 1 is 1.25 bits per heavy atom. The third-order valence-electron chi connectivity index (χ3n) is 2.57. The van der Waals surface area contributed by atoms with E-state index in [0.29, 0.717) is 0 Å². The molecule has 0 spiro atoms. The Morgan fingerprint density at radius 2 is 1.81 bits per heavy atom. The normalized spacial score (nSPS) is 19.6. The third kappa shape index (κ3) is 4.24. The molecule has 5 heteroatoms. The average Bonchev–Trinajstić information content (AvgIpc) is 2.16. The lowest BCUT2D eigenvalue weighted by molar-refractivity contribution is -0.158. The second-order valence-corrected chi connectivity index (χ2v) is 4.02. The van der Waals surface area contributed by atoms with Crippen molar-refractivity contribution in [3.8, 4) is 0 Å². The highest BCUT2D eigenvalue weighted by Crippen LogP contribution is 2.32. The van der Waals surface area contributed by atoms with E-state index in [-0.39, 0.29) is 5.92 Å². The van der Waals surface area contributed by atoms with Crippen molar-refractivity contribution in [3.05, 3.63) is 11.8 Å². The Bertz CT molecular complexity index is 275. The van der Waals surface area contributed by atoms with E-state index in [4.69, 9.17) is 0 Å². The first-order valence-electron chi connectivity index (χ1n) is 5.37. The molecule has 0 amide bonds. The average molecular weight is 236 g/mol. The second kappa shape index (κ2) is 5.37. The summed E-state index contributed by atoms with van der Waals surface area (Å²) in [7, 11) is 0. The molecule has 1 fully saturated rings. The number of carbonyl (C=O) groups excluding carboxylic acids is 1. The van der Waals surface area contributed by atoms with Gasteiger partial charge in [-0.05, 0) is 24.8 Å². The molecular formula is C11H15F3O2. The number of hydrogen-bond donors (Lipinski definition) is 0. The maximum Gasteiger partial charge on any atom is 0.449 e. The van der Waals surface area contributed by atoms with Crippen LogP contribution in [-0.4, -0.2) is 12.1 Å². The molecule has 16 heavy (non-hydrogen) atoms. The lowest BCUT2D eigenvalue weighted by atomic mass is 9.89. The monoisotopic (exact) mass is 236 g/mol. The lowest BCUT2D eigenvalue weighted by Gasteiger charge is -2.20. The summed E-state index contributed by atoms with van der Waals surface area (Å²) in [6.45, 7) is 0.973. The molecule has 0 aromatic rings. The topological polar surface area (TPSA) is 26.3 Å². The Kier molecular flexibility index (Phi) is 4.38. The fraction of sp³-hybridized carbons (Fsp3) is 0.727. The van der Waals surface area contributed by atoms with Crippen LogP contribution in [0, 0.1) is 5.92 Å². The van der Waals surface area contributed by atoms with E-state index in [0.717, 1.165) is 45.1 Å². The van der Waals surface area contributed by atoms with Crippen LogP contribution < -0.4 is 0 Å². The minimum absolute atomic E-state index is 0.121. The third-order valence-corrected chi connectivity index (χ3v) is 2.57. The SMILES string of the molecule is CC(=O)O/C(=C/C1CCCCC1)C(F)(F)F. The van der Waals surface area contributed by atoms with Gasteiger partial charge in [-0.15, -0.1) is 0 Å². The number of allylic oxidation sites excluding steroid dienone is 2. The summed E-state index contributed by atoms with van der Waals surface area (Å²) in [6.07, 6.45) is 0.892. The summed E-state index contributed by atoms with van der Waals surface area (Å²) in [5.41, 5.74) is 0. The molecule has 0 aromatic heterocycles. The van der Waals surface area contributed by atoms with Crippen molar-refractivity contribution < 1.29 is 22.7 Å². The smallest absolute Gasteiger partial charge is 0.422 e. The molecule has 0 aromatic carbocycles. The van der Waals surface area contributed by atoms with Gasteiger partial charge < -0.3 is 4.74 Å². The highest BCUT2D eigenvalue weighted by atomic mass is 19.4. The fourth-order valence-corrected chi connectivity index (χ4v) is 1.86. The molecular weight excluding hydrogens is 221 g/mol. The van der Waals surface area contributed by atoms with Gasteiger partial charge in [0.15, 0.2) is 0 Å². The van der Waals surface area contributed by atoms with E-state index in [1.54, 1.807) is 0 Å². The molecule has 92 valence electrons. The van der Waals surface area contributed by atoms with E-state index >= 15 is 0 Å². The minimum atomic E-state index is -4.58. The van der Waals surface area contributed by atoms with Gasteiger partial charge in [0.05, 0.1) is 0 Å². The van der Waals surface area contributed by atoms with Gasteiger partial charge in [-0.1, -0.05) is 19.3 Å². The zero-order valence-corrected chi connectivity index (χ0v) is 9.14. The molecule has 1 aliphatic rings. The summed E-state index contributed by atoms with van der Waals surface area (Å²) in [5, 5.41) is 0. The first-order chi connectivity index (χ1) is 7.39. The number of carbonyl (C=O) groups is 1. The number of hydrogen-bond acceptors (Lipinski definition) is 2. The van der Waals surface area contributed by atoms with E-state index < -0.39 is 17.9 Å². The lowest BCUT2D eigenvalue weighted by Crippen LogP contribution is -2.19. The van der Waals surface area contributed by atoms with Gasteiger partial charge in [-0.2, -0.15) is 13.2 Å². The van der Waals surface area contributed by atoms with Crippen LogP contribution in [0.2, 0.25) is 0 Å². The second-order valence-electron chi connectivity index (χ2n) is 4.02. The molecule has 1 saturated carbocycles. The highest BCUT2D eigenvalue weighted by Gasteiger charge is 2.37. The maximum absolute atomic E-state index is 12.5. The molecule has 0 aliphatic heterocycles. The van der Waals surface area contributed by atoms with Gasteiger partial charge in [0.25, 0.3) is 0 Å². The molecule has 1 rings (SSSR count). The van der Waals surface area contributed by atoms with Crippen molar-refractivity contribution in [1.29, 1.82) is 0 Å². The number of halogens is 3. The maximum atomic E-state index is 12.5. The fourth-order valence-electron chi connectivity index (χ4n) is 1.86. The highest BCUT2D eigenvalue weighted by molar-refractivity contribution is 5.67. The zero-order chi connectivity index (χ0) is 12.2. The van der Waals surface area contributed by atoms with Crippen LogP contribution >= 0.6 is 0 Å². The van der Waals surface area contributed by atoms with Crippen molar-refractivity contribution >= 4 is 5.97 Å². The van der Waals surface area contributed by atoms with Crippen molar-refractivity contribution in [1.82, 2.24) is 0 Å². The van der Waals surface area contributed by atoms with Crippen LogP contribution in [-0.2, 0) is 9.53 Å². The van der Waals surface area contributed by atoms with Crippen LogP contribution in [0.3, 0.4) is 0 Å². The van der Waals surface area contributed by atoms with Crippen LogP contribution in [0.25, 0.3) is 0 Å². The Morgan fingerprint density at radius 3 is 2.25 bits per heavy atom. The zero-order valence-electron chi connectivity index (χ0n) is 9.14. The number of rotatable bonds is 2. The van der Waals surface area contributed by atoms with Crippen molar-refractivity contribution in [2.45, 2.75) is 45.2 Å². The van der Waals surface area contributed by atoms with Gasteiger partial charge in [-0.25, -0.2) is 0 Å². The number of ether oxygens (including phenoxy) is 1. The largest absolute Gasteiger partial charge is 0.449 e. The predicted molar refractivity (Wildman–Crippen MR) is 52.5 cm³/mol. The summed E-state index contributed by atoms with van der Waals surface area (Å²) in [5.74, 6) is -2.21. The molecule has 1 aliphatic carbocycles. The first kappa shape index (κ1) is 13.1. The van der Waals surface area contributed by atoms with Gasteiger partial charge in [-0.3, -0.25) is 4.79 Å². The van der Waals surface area contributed by atoms with Gasteiger partial charge in [0, 0.05) is 6.92 Å². The number of alkyl halides is 3. The Labute approximate surface area is 92.5 Å². The summed E-state index contributed by atoms with van der Waals surface area (Å²) in [4.78, 5) is 10.6. The van der Waals surface area contributed by atoms with E-state index in [9.17, 15) is 18.0 Å². The summed E-state index contributed by atoms with van der Waals surface area (Å²) in [6, 6.07) is 0. The van der Waals surface area contributed by atoms with Crippen LogP contribution in [0.15, 0.2) is 11.8 Å². The van der Waals surface area contributed by atoms with Gasteiger partial charge in [0.2, 0.25) is 5.76 Å². The standard InChI is InChI=1S/C11H15F3O2/c1-8(15)16-10(11(12,13)14)7-9-5-3-2-4-6-9/h7,9H,2-6H2,1H3/b10-7+. The summed E-state index contributed by atoms with van der Waals surface area (Å²) >= 11 is 0. The Hall–Kier alpha value is -1.00. The minimum Gasteiger partial charge on any atom is -0.422 e. The van der Waals surface area contributed by atoms with Crippen LogP contribution in [0.4, 0.5) is 13.2 Å². The van der Waals surface area contributed by atoms with E-state index in [1.807, 2.05) is 0 Å². The van der Waals surface area contributed by atoms with Crippen molar-refractivity contribution in [2.24, 2.45) is 5.92 Å². The van der Waals surface area contributed by atoms with Crippen LogP contribution in [0.5, 0.6) is 0 Å². The number of esters is 1. The summed E-state index contributed by atoms with van der Waals surface area (Å²) < 4.78 is 41.7. The predicted octanol–water partition coefficient (Wildman–Crippen LogP) is 3.58. The molecule has 0 saturated heterocycles. The van der Waals surface area contributed by atoms with E-state index in [2.05, 4.69) is 4.74 Å². The molecule has 2 nitrogen and oxygen atoms in total. The molecule has 0 atom stereocenters. The molecule has 0 bridgehead atoms. The van der Waals surface area contributed by atoms with Gasteiger partial charge >= 0.3 is 12.1 Å². The Balaban J connectivity index is 2.73. The van der Waals surface area contributed by atoms with Crippen molar-refractivity contribution in [2.75, 3.05) is 0 Å². The van der Waals surface area contributed by atoms with Crippen LogP contribution in [0.1, 0.15) is 39.0 Å². The molecule has 0 radical (unpaired) electrons. The molecule has 0 unspecified atom stereocenters. The van der Waals surface area contributed by atoms with Gasteiger partial charge in [0.1, 0.15) is 0 Å².